The topological polar surface area (TPSA) is 67.8 Å². The van der Waals surface area contributed by atoms with E-state index in [0.29, 0.717) is 18.8 Å². The van der Waals surface area contributed by atoms with Crippen molar-refractivity contribution in [3.8, 4) is 11.5 Å². The molecular formula is C15H21NO4. The zero-order valence-corrected chi connectivity index (χ0v) is 11.9. The molecule has 1 aliphatic heterocycles. The Morgan fingerprint density at radius 2 is 2.35 bits per heavy atom. The van der Waals surface area contributed by atoms with E-state index in [1.807, 2.05) is 19.1 Å². The molecule has 1 aliphatic rings. The lowest BCUT2D eigenvalue weighted by atomic mass is 10.1. The van der Waals surface area contributed by atoms with E-state index in [2.05, 4.69) is 12.2 Å². The number of carbonyl (C=O) groups is 1. The molecular weight excluding hydrogens is 258 g/mol. The second-order valence-electron chi connectivity index (χ2n) is 4.85. The van der Waals surface area contributed by atoms with Crippen LogP contribution < -0.4 is 14.8 Å². The molecule has 110 valence electrons. The normalized spacial score (nSPS) is 18.2. The number of aliphatic carboxylic acids is 1. The van der Waals surface area contributed by atoms with Gasteiger partial charge >= 0.3 is 5.97 Å². The minimum absolute atomic E-state index is 0.204. The molecule has 0 aliphatic carbocycles. The summed E-state index contributed by atoms with van der Waals surface area (Å²) in [6.07, 6.45) is 0.456. The molecule has 0 bridgehead atoms. The molecule has 5 heteroatoms. The lowest BCUT2D eigenvalue weighted by molar-refractivity contribution is -0.145. The number of carboxylic acids is 1. The molecule has 5 nitrogen and oxygen atoms in total. The average Bonchev–Trinajstić information content (AvgIpc) is 2.81. The third-order valence-electron chi connectivity index (χ3n) is 3.32. The summed E-state index contributed by atoms with van der Waals surface area (Å²) in [5, 5.41) is 12.4. The van der Waals surface area contributed by atoms with Crippen molar-refractivity contribution in [2.75, 3.05) is 13.2 Å². The van der Waals surface area contributed by atoms with Crippen LogP contribution in [-0.4, -0.2) is 30.3 Å². The Kier molecular flexibility index (Phi) is 4.84. The van der Waals surface area contributed by atoms with Gasteiger partial charge in [-0.15, -0.1) is 0 Å². The van der Waals surface area contributed by atoms with Gasteiger partial charge in [-0.25, -0.2) is 4.79 Å². The van der Waals surface area contributed by atoms with E-state index in [1.54, 1.807) is 6.07 Å². The van der Waals surface area contributed by atoms with Crippen LogP contribution in [0.2, 0.25) is 0 Å². The molecule has 0 saturated heterocycles. The Balaban J connectivity index is 2.10. The van der Waals surface area contributed by atoms with Gasteiger partial charge in [0.1, 0.15) is 18.1 Å². The van der Waals surface area contributed by atoms with Crippen molar-refractivity contribution in [1.29, 1.82) is 0 Å². The number of likely N-dealkylation sites (N-methyl/N-ethyl adjacent to an activating group) is 1. The zero-order chi connectivity index (χ0) is 14.5. The molecule has 0 saturated carbocycles. The molecule has 2 rings (SSSR count). The molecule has 0 spiro atoms. The first-order valence-electron chi connectivity index (χ1n) is 7.05. The van der Waals surface area contributed by atoms with Gasteiger partial charge in [0, 0.05) is 11.6 Å². The van der Waals surface area contributed by atoms with E-state index in [1.165, 1.54) is 0 Å². The van der Waals surface area contributed by atoms with Gasteiger partial charge < -0.3 is 19.9 Å². The third-order valence-corrected chi connectivity index (χ3v) is 3.32. The second kappa shape index (κ2) is 6.61. The van der Waals surface area contributed by atoms with E-state index >= 15 is 0 Å². The van der Waals surface area contributed by atoms with Crippen molar-refractivity contribution >= 4 is 5.97 Å². The monoisotopic (exact) mass is 279 g/mol. The number of rotatable bonds is 7. The van der Waals surface area contributed by atoms with E-state index in [-0.39, 0.29) is 6.04 Å². The van der Waals surface area contributed by atoms with Gasteiger partial charge in [-0.05, 0) is 25.1 Å². The van der Waals surface area contributed by atoms with E-state index in [4.69, 9.17) is 14.6 Å². The van der Waals surface area contributed by atoms with Crippen LogP contribution in [0, 0.1) is 0 Å². The smallest absolute Gasteiger partial charge is 0.344 e. The van der Waals surface area contributed by atoms with Crippen LogP contribution in [0.5, 0.6) is 11.5 Å². The van der Waals surface area contributed by atoms with Crippen molar-refractivity contribution in [2.24, 2.45) is 0 Å². The maximum atomic E-state index is 11.1. The molecule has 1 aromatic rings. The Morgan fingerprint density at radius 1 is 1.55 bits per heavy atom. The number of hydrogen-bond donors (Lipinski definition) is 2. The van der Waals surface area contributed by atoms with Crippen molar-refractivity contribution in [3.05, 3.63) is 23.8 Å². The molecule has 0 fully saturated rings. The first kappa shape index (κ1) is 14.7. The third kappa shape index (κ3) is 3.22. The van der Waals surface area contributed by atoms with Gasteiger partial charge in [0.2, 0.25) is 0 Å². The second-order valence-corrected chi connectivity index (χ2v) is 4.85. The molecule has 2 N–H and O–H groups in total. The van der Waals surface area contributed by atoms with Crippen molar-refractivity contribution in [2.45, 2.75) is 38.8 Å². The molecule has 0 radical (unpaired) electrons. The highest BCUT2D eigenvalue weighted by atomic mass is 16.5. The quantitative estimate of drug-likeness (QED) is 0.802. The first-order valence-corrected chi connectivity index (χ1v) is 7.05. The zero-order valence-electron chi connectivity index (χ0n) is 11.9. The summed E-state index contributed by atoms with van der Waals surface area (Å²) in [5.41, 5.74) is 1.10. The van der Waals surface area contributed by atoms with Gasteiger partial charge in [-0.1, -0.05) is 20.3 Å². The van der Waals surface area contributed by atoms with Crippen LogP contribution in [0.1, 0.15) is 38.3 Å². The SMILES string of the molecule is CCCC(Oc1ccc2c(c1)OCC2NCC)C(=O)O. The Bertz CT molecular complexity index is 475. The fourth-order valence-electron chi connectivity index (χ4n) is 2.34. The maximum Gasteiger partial charge on any atom is 0.344 e. The number of carboxylic acid groups (broad SMARTS) is 1. The lowest BCUT2D eigenvalue weighted by Crippen LogP contribution is -2.26. The van der Waals surface area contributed by atoms with Crippen molar-refractivity contribution in [3.63, 3.8) is 0 Å². The molecule has 2 atom stereocenters. The predicted molar refractivity (Wildman–Crippen MR) is 75.3 cm³/mol. The number of ether oxygens (including phenoxy) is 2. The average molecular weight is 279 g/mol. The highest BCUT2D eigenvalue weighted by Crippen LogP contribution is 2.35. The van der Waals surface area contributed by atoms with Crippen LogP contribution in [0.25, 0.3) is 0 Å². The number of hydrogen-bond acceptors (Lipinski definition) is 4. The van der Waals surface area contributed by atoms with E-state index in [9.17, 15) is 4.79 Å². The largest absolute Gasteiger partial charge is 0.491 e. The van der Waals surface area contributed by atoms with Gasteiger partial charge in [0.15, 0.2) is 6.10 Å². The van der Waals surface area contributed by atoms with E-state index < -0.39 is 12.1 Å². The molecule has 2 unspecified atom stereocenters. The van der Waals surface area contributed by atoms with Gasteiger partial charge in [-0.2, -0.15) is 0 Å². The standard InChI is InChI=1S/C15H21NO4/c1-3-5-13(15(17)18)20-10-6-7-11-12(16-4-2)9-19-14(11)8-10/h6-8,12-13,16H,3-5,9H2,1-2H3,(H,17,18). The molecule has 0 aromatic heterocycles. The highest BCUT2D eigenvalue weighted by molar-refractivity contribution is 5.72. The highest BCUT2D eigenvalue weighted by Gasteiger charge is 2.25. The number of nitrogens with one attached hydrogen (secondary N) is 1. The van der Waals surface area contributed by atoms with E-state index in [0.717, 1.165) is 24.3 Å². The molecule has 20 heavy (non-hydrogen) atoms. The lowest BCUT2D eigenvalue weighted by Gasteiger charge is -2.15. The fraction of sp³-hybridized carbons (Fsp3) is 0.533. The Labute approximate surface area is 118 Å². The maximum absolute atomic E-state index is 11.1. The van der Waals surface area contributed by atoms with Gasteiger partial charge in [0.05, 0.1) is 6.04 Å². The fourth-order valence-corrected chi connectivity index (χ4v) is 2.34. The van der Waals surface area contributed by atoms with Crippen LogP contribution in [-0.2, 0) is 4.79 Å². The number of fused-ring (bicyclic) bond motifs is 1. The van der Waals surface area contributed by atoms with Gasteiger partial charge in [0.25, 0.3) is 0 Å². The molecule has 1 aromatic carbocycles. The summed E-state index contributed by atoms with van der Waals surface area (Å²) in [6, 6.07) is 5.73. The van der Waals surface area contributed by atoms with Crippen molar-refractivity contribution < 1.29 is 19.4 Å². The van der Waals surface area contributed by atoms with Crippen molar-refractivity contribution in [1.82, 2.24) is 5.32 Å². The summed E-state index contributed by atoms with van der Waals surface area (Å²) in [4.78, 5) is 11.1. The van der Waals surface area contributed by atoms with Crippen LogP contribution in [0.3, 0.4) is 0 Å². The Morgan fingerprint density at radius 3 is 3.00 bits per heavy atom. The summed E-state index contributed by atoms with van der Waals surface area (Å²) < 4.78 is 11.2. The van der Waals surface area contributed by atoms with Crippen LogP contribution >= 0.6 is 0 Å². The summed E-state index contributed by atoms with van der Waals surface area (Å²) in [6.45, 7) is 5.47. The first-order chi connectivity index (χ1) is 9.65. The molecule has 1 heterocycles. The van der Waals surface area contributed by atoms with Gasteiger partial charge in [-0.3, -0.25) is 0 Å². The minimum atomic E-state index is -0.932. The minimum Gasteiger partial charge on any atom is -0.491 e. The predicted octanol–water partition coefficient (Wildman–Crippen LogP) is 2.36. The summed E-state index contributed by atoms with van der Waals surface area (Å²) in [5.74, 6) is 0.384. The number of benzene rings is 1. The van der Waals surface area contributed by atoms with Crippen LogP contribution in [0.4, 0.5) is 0 Å². The van der Waals surface area contributed by atoms with Crippen LogP contribution in [0.15, 0.2) is 18.2 Å². The molecule has 0 amide bonds. The summed E-state index contributed by atoms with van der Waals surface area (Å²) in [7, 11) is 0. The summed E-state index contributed by atoms with van der Waals surface area (Å²) >= 11 is 0. The Hall–Kier alpha value is -1.75.